The van der Waals surface area contributed by atoms with Crippen molar-refractivity contribution in [1.82, 2.24) is 4.98 Å². The zero-order chi connectivity index (χ0) is 15.2. The van der Waals surface area contributed by atoms with E-state index in [-0.39, 0.29) is 12.2 Å². The molecule has 0 aliphatic heterocycles. The number of aromatic carboxylic acids is 1. The SMILES string of the molecule is CCOc1cc(C(=O)O)ccc1OCc1ccc(Br)cn1. The van der Waals surface area contributed by atoms with Crippen molar-refractivity contribution in [3.8, 4) is 11.5 Å². The summed E-state index contributed by atoms with van der Waals surface area (Å²) in [4.78, 5) is 15.2. The van der Waals surface area contributed by atoms with Crippen molar-refractivity contribution in [2.75, 3.05) is 6.61 Å². The molecule has 0 saturated heterocycles. The number of hydrogen-bond donors (Lipinski definition) is 1. The van der Waals surface area contributed by atoms with E-state index < -0.39 is 5.97 Å². The summed E-state index contributed by atoms with van der Waals surface area (Å²) in [6.45, 7) is 2.53. The third kappa shape index (κ3) is 4.19. The van der Waals surface area contributed by atoms with E-state index in [4.69, 9.17) is 14.6 Å². The molecular formula is C15H14BrNO4. The van der Waals surface area contributed by atoms with Gasteiger partial charge in [-0.25, -0.2) is 4.79 Å². The standard InChI is InChI=1S/C15H14BrNO4/c1-2-20-14-7-10(15(18)19)3-6-13(14)21-9-12-5-4-11(16)8-17-12/h3-8H,2,9H2,1H3,(H,18,19). The molecule has 0 atom stereocenters. The van der Waals surface area contributed by atoms with Crippen molar-refractivity contribution in [2.45, 2.75) is 13.5 Å². The molecular weight excluding hydrogens is 338 g/mol. The van der Waals surface area contributed by atoms with Crippen LogP contribution >= 0.6 is 15.9 Å². The number of benzene rings is 1. The fourth-order valence-electron chi connectivity index (χ4n) is 1.67. The van der Waals surface area contributed by atoms with Crippen molar-refractivity contribution in [3.05, 3.63) is 52.3 Å². The minimum absolute atomic E-state index is 0.160. The molecule has 1 aromatic carbocycles. The Morgan fingerprint density at radius 2 is 2.05 bits per heavy atom. The van der Waals surface area contributed by atoms with Gasteiger partial charge in [-0.05, 0) is 53.2 Å². The molecule has 0 bridgehead atoms. The molecule has 110 valence electrons. The van der Waals surface area contributed by atoms with E-state index in [0.717, 1.165) is 10.2 Å². The van der Waals surface area contributed by atoms with Crippen LogP contribution in [0.3, 0.4) is 0 Å². The van der Waals surface area contributed by atoms with Gasteiger partial charge in [0, 0.05) is 10.7 Å². The van der Waals surface area contributed by atoms with Gasteiger partial charge in [0.1, 0.15) is 6.61 Å². The number of hydrogen-bond acceptors (Lipinski definition) is 4. The van der Waals surface area contributed by atoms with Gasteiger partial charge in [0.15, 0.2) is 11.5 Å². The number of halogens is 1. The van der Waals surface area contributed by atoms with Crippen LogP contribution in [-0.4, -0.2) is 22.7 Å². The van der Waals surface area contributed by atoms with Crippen LogP contribution in [0.25, 0.3) is 0 Å². The molecule has 0 radical (unpaired) electrons. The molecule has 0 spiro atoms. The lowest BCUT2D eigenvalue weighted by atomic mass is 10.2. The van der Waals surface area contributed by atoms with Crippen molar-refractivity contribution < 1.29 is 19.4 Å². The molecule has 21 heavy (non-hydrogen) atoms. The normalized spacial score (nSPS) is 10.2. The molecule has 0 aliphatic carbocycles. The van der Waals surface area contributed by atoms with Crippen molar-refractivity contribution in [1.29, 1.82) is 0 Å². The molecule has 2 rings (SSSR count). The first-order chi connectivity index (χ1) is 10.1. The average Bonchev–Trinajstić information content (AvgIpc) is 2.47. The number of carbonyl (C=O) groups is 1. The van der Waals surface area contributed by atoms with Crippen molar-refractivity contribution >= 4 is 21.9 Å². The van der Waals surface area contributed by atoms with Gasteiger partial charge in [-0.2, -0.15) is 0 Å². The number of aromatic nitrogens is 1. The first-order valence-electron chi connectivity index (χ1n) is 6.33. The summed E-state index contributed by atoms with van der Waals surface area (Å²) in [6, 6.07) is 8.25. The van der Waals surface area contributed by atoms with Crippen LogP contribution in [0.1, 0.15) is 23.0 Å². The third-order valence-electron chi connectivity index (χ3n) is 2.65. The number of nitrogens with zero attached hydrogens (tertiary/aromatic N) is 1. The molecule has 6 heteroatoms. The average molecular weight is 352 g/mol. The monoisotopic (exact) mass is 351 g/mol. The van der Waals surface area contributed by atoms with E-state index in [1.807, 2.05) is 19.1 Å². The van der Waals surface area contributed by atoms with Gasteiger partial charge in [0.05, 0.1) is 17.9 Å². The van der Waals surface area contributed by atoms with Gasteiger partial charge >= 0.3 is 5.97 Å². The maximum atomic E-state index is 11.0. The van der Waals surface area contributed by atoms with E-state index in [2.05, 4.69) is 20.9 Å². The number of rotatable bonds is 6. The molecule has 0 amide bonds. The fraction of sp³-hybridized carbons (Fsp3) is 0.200. The highest BCUT2D eigenvalue weighted by Gasteiger charge is 2.11. The van der Waals surface area contributed by atoms with Gasteiger partial charge in [-0.1, -0.05) is 0 Å². The van der Waals surface area contributed by atoms with E-state index in [9.17, 15) is 4.79 Å². The molecule has 5 nitrogen and oxygen atoms in total. The zero-order valence-electron chi connectivity index (χ0n) is 11.4. The summed E-state index contributed by atoms with van der Waals surface area (Å²) < 4.78 is 12.0. The second-order valence-corrected chi connectivity index (χ2v) is 5.07. The van der Waals surface area contributed by atoms with Gasteiger partial charge in [-0.15, -0.1) is 0 Å². The Kier molecular flexibility index (Phi) is 5.16. The van der Waals surface area contributed by atoms with Gasteiger partial charge in [0.2, 0.25) is 0 Å². The second kappa shape index (κ2) is 7.08. The molecule has 1 heterocycles. The molecule has 1 N–H and O–H groups in total. The lowest BCUT2D eigenvalue weighted by Crippen LogP contribution is -2.03. The minimum Gasteiger partial charge on any atom is -0.490 e. The van der Waals surface area contributed by atoms with Gasteiger partial charge < -0.3 is 14.6 Å². The first-order valence-corrected chi connectivity index (χ1v) is 7.13. The highest BCUT2D eigenvalue weighted by atomic mass is 79.9. The number of pyridine rings is 1. The second-order valence-electron chi connectivity index (χ2n) is 4.16. The van der Waals surface area contributed by atoms with E-state index in [0.29, 0.717) is 18.1 Å². The topological polar surface area (TPSA) is 68.7 Å². The lowest BCUT2D eigenvalue weighted by molar-refractivity contribution is 0.0696. The maximum Gasteiger partial charge on any atom is 0.335 e. The van der Waals surface area contributed by atoms with Gasteiger partial charge in [-0.3, -0.25) is 4.98 Å². The van der Waals surface area contributed by atoms with E-state index in [1.165, 1.54) is 12.1 Å². The smallest absolute Gasteiger partial charge is 0.335 e. The van der Waals surface area contributed by atoms with Crippen LogP contribution in [-0.2, 0) is 6.61 Å². The Balaban J connectivity index is 2.14. The molecule has 0 unspecified atom stereocenters. The quantitative estimate of drug-likeness (QED) is 0.862. The van der Waals surface area contributed by atoms with Crippen molar-refractivity contribution in [2.24, 2.45) is 0 Å². The van der Waals surface area contributed by atoms with Crippen LogP contribution in [0.15, 0.2) is 41.0 Å². The molecule has 0 fully saturated rings. The Morgan fingerprint density at radius 1 is 1.24 bits per heavy atom. The summed E-state index contributed by atoms with van der Waals surface area (Å²) in [5, 5.41) is 8.99. The summed E-state index contributed by atoms with van der Waals surface area (Å²) >= 11 is 3.32. The van der Waals surface area contributed by atoms with Crippen LogP contribution in [0.2, 0.25) is 0 Å². The Hall–Kier alpha value is -2.08. The Labute approximate surface area is 130 Å². The molecule has 2 aromatic rings. The van der Waals surface area contributed by atoms with Crippen LogP contribution in [0.4, 0.5) is 0 Å². The third-order valence-corrected chi connectivity index (χ3v) is 3.12. The lowest BCUT2D eigenvalue weighted by Gasteiger charge is -2.12. The summed E-state index contributed by atoms with van der Waals surface area (Å²) in [6.07, 6.45) is 1.69. The largest absolute Gasteiger partial charge is 0.490 e. The zero-order valence-corrected chi connectivity index (χ0v) is 13.0. The molecule has 0 saturated carbocycles. The van der Waals surface area contributed by atoms with Gasteiger partial charge in [0.25, 0.3) is 0 Å². The Morgan fingerprint density at radius 3 is 2.67 bits per heavy atom. The van der Waals surface area contributed by atoms with Crippen LogP contribution in [0.5, 0.6) is 11.5 Å². The van der Waals surface area contributed by atoms with Crippen LogP contribution in [0, 0.1) is 0 Å². The fourth-order valence-corrected chi connectivity index (χ4v) is 1.91. The summed E-state index contributed by atoms with van der Waals surface area (Å²) in [5.41, 5.74) is 0.926. The number of carboxylic acids is 1. The highest BCUT2D eigenvalue weighted by molar-refractivity contribution is 9.10. The Bertz CT molecular complexity index is 628. The predicted molar refractivity (Wildman–Crippen MR) is 80.8 cm³/mol. The van der Waals surface area contributed by atoms with Crippen molar-refractivity contribution in [3.63, 3.8) is 0 Å². The van der Waals surface area contributed by atoms with Crippen LogP contribution < -0.4 is 9.47 Å². The molecule has 0 aliphatic rings. The summed E-state index contributed by atoms with van der Waals surface area (Å²) in [5.74, 6) is -0.0989. The maximum absolute atomic E-state index is 11.0. The van der Waals surface area contributed by atoms with E-state index in [1.54, 1.807) is 12.3 Å². The number of ether oxygens (including phenoxy) is 2. The minimum atomic E-state index is -1.00. The first kappa shape index (κ1) is 15.3. The predicted octanol–water partition coefficient (Wildman–Crippen LogP) is 3.52. The summed E-state index contributed by atoms with van der Waals surface area (Å²) in [7, 11) is 0. The number of carboxylic acid groups (broad SMARTS) is 1. The highest BCUT2D eigenvalue weighted by Crippen LogP contribution is 2.29. The van der Waals surface area contributed by atoms with E-state index >= 15 is 0 Å². The molecule has 1 aromatic heterocycles.